The van der Waals surface area contributed by atoms with Crippen molar-refractivity contribution in [1.29, 1.82) is 0 Å². The van der Waals surface area contributed by atoms with Crippen molar-refractivity contribution >= 4 is 11.6 Å². The average molecular weight is 291 g/mol. The smallest absolute Gasteiger partial charge is 0.148 e. The van der Waals surface area contributed by atoms with Gasteiger partial charge >= 0.3 is 0 Å². The van der Waals surface area contributed by atoms with Gasteiger partial charge in [-0.2, -0.15) is 0 Å². The number of methoxy groups -OCH3 is 1. The molecular formula is C15H25N5O. The number of nitrogen functional groups attached to an aromatic ring is 1. The summed E-state index contributed by atoms with van der Waals surface area (Å²) in [6.45, 7) is 6.06. The monoisotopic (exact) mass is 291 g/mol. The fourth-order valence-corrected chi connectivity index (χ4v) is 3.05. The van der Waals surface area contributed by atoms with Crippen molar-refractivity contribution in [2.24, 2.45) is 5.84 Å². The highest BCUT2D eigenvalue weighted by Gasteiger charge is 2.34. The molecule has 1 saturated carbocycles. The largest absolute Gasteiger partial charge is 0.377 e. The molecule has 1 aromatic heterocycles. The van der Waals surface area contributed by atoms with Gasteiger partial charge in [0.15, 0.2) is 0 Å². The Labute approximate surface area is 126 Å². The average Bonchev–Trinajstić information content (AvgIpc) is 3.32. The van der Waals surface area contributed by atoms with E-state index in [4.69, 9.17) is 15.6 Å². The van der Waals surface area contributed by atoms with Crippen molar-refractivity contribution in [3.63, 3.8) is 0 Å². The molecule has 1 aromatic rings. The Morgan fingerprint density at radius 3 is 2.76 bits per heavy atom. The Hall–Kier alpha value is -1.40. The number of aromatic nitrogens is 2. The molecular weight excluding hydrogens is 266 g/mol. The molecule has 1 unspecified atom stereocenters. The Balaban J connectivity index is 1.94. The number of nitrogens with two attached hydrogens (primary N) is 1. The van der Waals surface area contributed by atoms with Gasteiger partial charge < -0.3 is 15.1 Å². The number of nitrogens with one attached hydrogen (secondary N) is 1. The molecule has 0 radical (unpaired) electrons. The third-order valence-corrected chi connectivity index (χ3v) is 4.67. The van der Waals surface area contributed by atoms with Crippen LogP contribution in [0.15, 0.2) is 0 Å². The molecule has 6 nitrogen and oxygen atoms in total. The van der Waals surface area contributed by atoms with E-state index in [1.807, 2.05) is 6.92 Å². The summed E-state index contributed by atoms with van der Waals surface area (Å²) in [5.41, 5.74) is 3.63. The van der Waals surface area contributed by atoms with E-state index in [1.165, 1.54) is 12.8 Å². The van der Waals surface area contributed by atoms with Gasteiger partial charge in [-0.3, -0.25) is 0 Å². The summed E-state index contributed by atoms with van der Waals surface area (Å²) in [5.74, 6) is 8.81. The van der Waals surface area contributed by atoms with Crippen LogP contribution in [-0.2, 0) is 4.74 Å². The van der Waals surface area contributed by atoms with Gasteiger partial charge in [0.1, 0.15) is 17.5 Å². The van der Waals surface area contributed by atoms with Crippen LogP contribution in [0.3, 0.4) is 0 Å². The molecule has 0 amide bonds. The van der Waals surface area contributed by atoms with Crippen LogP contribution in [0.25, 0.3) is 0 Å². The van der Waals surface area contributed by atoms with Gasteiger partial charge in [-0.05, 0) is 39.5 Å². The first kappa shape index (κ1) is 14.5. The fourth-order valence-electron chi connectivity index (χ4n) is 3.05. The zero-order chi connectivity index (χ0) is 15.0. The van der Waals surface area contributed by atoms with Gasteiger partial charge in [-0.15, -0.1) is 0 Å². The summed E-state index contributed by atoms with van der Waals surface area (Å²) >= 11 is 0. The number of hydrazine groups is 1. The minimum absolute atomic E-state index is 0.105. The molecule has 3 rings (SSSR count). The Morgan fingerprint density at radius 1 is 1.38 bits per heavy atom. The van der Waals surface area contributed by atoms with E-state index in [2.05, 4.69) is 22.2 Å². The number of anilines is 2. The molecule has 116 valence electrons. The highest BCUT2D eigenvalue weighted by atomic mass is 16.5. The topological polar surface area (TPSA) is 76.3 Å². The molecule has 2 aliphatic rings. The maximum atomic E-state index is 5.69. The second-order valence-corrected chi connectivity index (χ2v) is 6.48. The molecule has 1 aliphatic carbocycles. The second-order valence-electron chi connectivity index (χ2n) is 6.48. The molecule has 21 heavy (non-hydrogen) atoms. The van der Waals surface area contributed by atoms with Crippen LogP contribution in [0.4, 0.5) is 11.6 Å². The quantitative estimate of drug-likeness (QED) is 0.652. The van der Waals surface area contributed by atoms with Crippen molar-refractivity contribution in [3.05, 3.63) is 11.4 Å². The lowest BCUT2D eigenvalue weighted by atomic mass is 9.94. The number of hydrogen-bond donors (Lipinski definition) is 2. The van der Waals surface area contributed by atoms with Gasteiger partial charge in [-0.1, -0.05) is 0 Å². The van der Waals surface area contributed by atoms with E-state index in [1.54, 1.807) is 7.11 Å². The standard InChI is InChI=1S/C15H25N5O/c1-10-12(19-16)17-13(11-5-6-11)18-14(10)20-8-4-7-15(2,9-20)21-3/h11H,4-9,16H2,1-3H3,(H,17,18,19). The van der Waals surface area contributed by atoms with Gasteiger partial charge in [0, 0.05) is 31.7 Å². The Kier molecular flexibility index (Phi) is 3.75. The summed E-state index contributed by atoms with van der Waals surface area (Å²) in [6.07, 6.45) is 4.56. The predicted molar refractivity (Wildman–Crippen MR) is 83.4 cm³/mol. The predicted octanol–water partition coefficient (Wildman–Crippen LogP) is 1.95. The molecule has 2 fully saturated rings. The van der Waals surface area contributed by atoms with Crippen LogP contribution in [-0.4, -0.2) is 35.8 Å². The number of hydrogen-bond acceptors (Lipinski definition) is 6. The number of ether oxygens (including phenoxy) is 1. The molecule has 1 saturated heterocycles. The Bertz CT molecular complexity index is 531. The molecule has 2 heterocycles. The van der Waals surface area contributed by atoms with Crippen molar-refractivity contribution in [2.75, 3.05) is 30.5 Å². The van der Waals surface area contributed by atoms with Crippen molar-refractivity contribution in [1.82, 2.24) is 9.97 Å². The fraction of sp³-hybridized carbons (Fsp3) is 0.733. The van der Waals surface area contributed by atoms with Gasteiger partial charge in [-0.25, -0.2) is 15.8 Å². The Morgan fingerprint density at radius 2 is 2.14 bits per heavy atom. The van der Waals surface area contributed by atoms with E-state index in [0.29, 0.717) is 5.92 Å². The maximum absolute atomic E-state index is 5.69. The molecule has 0 bridgehead atoms. The molecule has 6 heteroatoms. The van der Waals surface area contributed by atoms with Crippen LogP contribution < -0.4 is 16.2 Å². The van der Waals surface area contributed by atoms with Crippen molar-refractivity contribution < 1.29 is 4.74 Å². The lowest BCUT2D eigenvalue weighted by molar-refractivity contribution is -0.00484. The summed E-state index contributed by atoms with van der Waals surface area (Å²) in [4.78, 5) is 11.7. The first-order valence-corrected chi connectivity index (χ1v) is 7.71. The normalized spacial score (nSPS) is 26.0. The minimum Gasteiger partial charge on any atom is -0.377 e. The van der Waals surface area contributed by atoms with Gasteiger partial charge in [0.05, 0.1) is 5.60 Å². The summed E-state index contributed by atoms with van der Waals surface area (Å²) < 4.78 is 5.69. The van der Waals surface area contributed by atoms with Crippen molar-refractivity contribution in [2.45, 2.75) is 51.0 Å². The van der Waals surface area contributed by atoms with Crippen LogP contribution >= 0.6 is 0 Å². The molecule has 1 aliphatic heterocycles. The number of nitrogens with zero attached hydrogens (tertiary/aromatic N) is 3. The van der Waals surface area contributed by atoms with Gasteiger partial charge in [0.2, 0.25) is 0 Å². The third kappa shape index (κ3) is 2.82. The summed E-state index contributed by atoms with van der Waals surface area (Å²) in [6, 6.07) is 0. The van der Waals surface area contributed by atoms with Crippen LogP contribution in [0.2, 0.25) is 0 Å². The first-order valence-electron chi connectivity index (χ1n) is 7.71. The molecule has 0 aromatic carbocycles. The van der Waals surface area contributed by atoms with E-state index >= 15 is 0 Å². The van der Waals surface area contributed by atoms with Crippen LogP contribution in [0.5, 0.6) is 0 Å². The third-order valence-electron chi connectivity index (χ3n) is 4.67. The zero-order valence-corrected chi connectivity index (χ0v) is 13.1. The maximum Gasteiger partial charge on any atom is 0.148 e. The van der Waals surface area contributed by atoms with Crippen LogP contribution in [0, 0.1) is 6.92 Å². The van der Waals surface area contributed by atoms with Gasteiger partial charge in [0.25, 0.3) is 0 Å². The zero-order valence-electron chi connectivity index (χ0n) is 13.1. The van der Waals surface area contributed by atoms with Crippen molar-refractivity contribution in [3.8, 4) is 0 Å². The molecule has 1 atom stereocenters. The minimum atomic E-state index is -0.105. The SMILES string of the molecule is COC1(C)CCCN(c2nc(C3CC3)nc(NN)c2C)C1. The van der Waals surface area contributed by atoms with E-state index in [9.17, 15) is 0 Å². The highest BCUT2D eigenvalue weighted by molar-refractivity contribution is 5.59. The lowest BCUT2D eigenvalue weighted by Crippen LogP contribution is -2.48. The first-order chi connectivity index (χ1) is 10.1. The number of piperidine rings is 1. The molecule has 0 spiro atoms. The van der Waals surface area contributed by atoms with E-state index < -0.39 is 0 Å². The second kappa shape index (κ2) is 5.42. The van der Waals surface area contributed by atoms with E-state index in [-0.39, 0.29) is 5.60 Å². The summed E-state index contributed by atoms with van der Waals surface area (Å²) in [7, 11) is 1.79. The highest BCUT2D eigenvalue weighted by Crippen LogP contribution is 2.40. The number of rotatable bonds is 4. The molecule has 3 N–H and O–H groups in total. The lowest BCUT2D eigenvalue weighted by Gasteiger charge is -2.40. The van der Waals surface area contributed by atoms with Crippen LogP contribution in [0.1, 0.15) is 49.9 Å². The van der Waals surface area contributed by atoms with E-state index in [0.717, 1.165) is 49.0 Å². The summed E-state index contributed by atoms with van der Waals surface area (Å²) in [5, 5.41) is 0.